The van der Waals surface area contributed by atoms with Gasteiger partial charge in [-0.2, -0.15) is 0 Å². The van der Waals surface area contributed by atoms with Crippen molar-refractivity contribution in [3.8, 4) is 11.5 Å². The Labute approximate surface area is 185 Å². The summed E-state index contributed by atoms with van der Waals surface area (Å²) in [5, 5.41) is 3.02. The Hall–Kier alpha value is -2.74. The maximum Gasteiger partial charge on any atom is 0.244 e. The predicted molar refractivity (Wildman–Crippen MR) is 123 cm³/mol. The molecule has 0 saturated heterocycles. The van der Waals surface area contributed by atoms with Crippen LogP contribution >= 0.6 is 0 Å². The minimum atomic E-state index is -3.68. The Bertz CT molecular complexity index is 990. The molecule has 0 spiro atoms. The molecule has 2 atom stereocenters. The van der Waals surface area contributed by atoms with Crippen LogP contribution in [0.15, 0.2) is 42.5 Å². The van der Waals surface area contributed by atoms with Gasteiger partial charge in [0.1, 0.15) is 6.04 Å². The molecule has 0 saturated carbocycles. The number of anilines is 1. The number of rotatable bonds is 10. The number of carbonyl (C=O) groups is 1. The Balaban J connectivity index is 2.35. The molecule has 0 bridgehead atoms. The second-order valence-electron chi connectivity index (χ2n) is 7.40. The summed E-state index contributed by atoms with van der Waals surface area (Å²) in [5.41, 5.74) is 2.33. The maximum absolute atomic E-state index is 13.2. The third-order valence-corrected chi connectivity index (χ3v) is 6.33. The Morgan fingerprint density at radius 1 is 1.00 bits per heavy atom. The lowest BCUT2D eigenvalue weighted by molar-refractivity contribution is -0.123. The fourth-order valence-electron chi connectivity index (χ4n) is 3.51. The van der Waals surface area contributed by atoms with Crippen molar-refractivity contribution >= 4 is 21.6 Å². The lowest BCUT2D eigenvalue weighted by atomic mass is 10.0. The molecule has 0 aliphatic carbocycles. The number of sulfonamides is 1. The topological polar surface area (TPSA) is 84.9 Å². The Kier molecular flexibility index (Phi) is 8.33. The van der Waals surface area contributed by atoms with Crippen molar-refractivity contribution in [2.75, 3.05) is 24.8 Å². The molecule has 31 heavy (non-hydrogen) atoms. The number of nitrogens with zero attached hydrogens (tertiary/aromatic N) is 1. The van der Waals surface area contributed by atoms with E-state index in [-0.39, 0.29) is 11.9 Å². The first-order valence-corrected chi connectivity index (χ1v) is 12.1. The second-order valence-corrected chi connectivity index (χ2v) is 9.26. The lowest BCUT2D eigenvalue weighted by Crippen LogP contribution is -2.50. The summed E-state index contributed by atoms with van der Waals surface area (Å²) in [5.74, 6) is 0.814. The first-order chi connectivity index (χ1) is 14.7. The molecule has 1 amide bonds. The largest absolute Gasteiger partial charge is 0.493 e. The minimum absolute atomic E-state index is 0.305. The zero-order chi connectivity index (χ0) is 23.2. The molecule has 0 radical (unpaired) electrons. The minimum Gasteiger partial charge on any atom is -0.493 e. The van der Waals surface area contributed by atoms with Crippen molar-refractivity contribution in [3.63, 3.8) is 0 Å². The average molecular weight is 449 g/mol. The Morgan fingerprint density at radius 2 is 1.61 bits per heavy atom. The third-order valence-electron chi connectivity index (χ3n) is 5.15. The number of benzene rings is 2. The van der Waals surface area contributed by atoms with Crippen LogP contribution in [0.3, 0.4) is 0 Å². The van der Waals surface area contributed by atoms with Crippen molar-refractivity contribution in [1.29, 1.82) is 0 Å². The molecule has 2 unspecified atom stereocenters. The van der Waals surface area contributed by atoms with E-state index in [1.54, 1.807) is 39.3 Å². The third kappa shape index (κ3) is 5.91. The van der Waals surface area contributed by atoms with E-state index < -0.39 is 16.1 Å². The van der Waals surface area contributed by atoms with Crippen LogP contribution < -0.4 is 19.1 Å². The molecule has 0 aromatic heterocycles. The molecule has 0 fully saturated rings. The van der Waals surface area contributed by atoms with Crippen molar-refractivity contribution in [2.24, 2.45) is 0 Å². The van der Waals surface area contributed by atoms with Crippen molar-refractivity contribution in [3.05, 3.63) is 53.6 Å². The lowest BCUT2D eigenvalue weighted by Gasteiger charge is -2.31. The number of ether oxygens (including phenoxy) is 2. The Morgan fingerprint density at radius 3 is 2.10 bits per heavy atom. The highest BCUT2D eigenvalue weighted by atomic mass is 32.2. The molecule has 2 aromatic rings. The predicted octanol–water partition coefficient (Wildman–Crippen LogP) is 3.82. The van der Waals surface area contributed by atoms with E-state index in [4.69, 9.17) is 9.47 Å². The average Bonchev–Trinajstić information content (AvgIpc) is 2.75. The fraction of sp³-hybridized carbons (Fsp3) is 0.435. The number of methoxy groups -OCH3 is 2. The van der Waals surface area contributed by atoms with Crippen LogP contribution in [0, 0.1) is 6.92 Å². The summed E-state index contributed by atoms with van der Waals surface area (Å²) >= 11 is 0. The van der Waals surface area contributed by atoms with Crippen LogP contribution in [-0.4, -0.2) is 40.8 Å². The van der Waals surface area contributed by atoms with E-state index in [9.17, 15) is 13.2 Å². The van der Waals surface area contributed by atoms with Crippen molar-refractivity contribution < 1.29 is 22.7 Å². The molecular weight excluding hydrogens is 416 g/mol. The fourth-order valence-corrected chi connectivity index (χ4v) is 4.72. The summed E-state index contributed by atoms with van der Waals surface area (Å²) in [7, 11) is -0.560. The monoisotopic (exact) mass is 448 g/mol. The SMILES string of the molecule is CCC(NC(=O)C(CC)N(c1ccc(C)cc1)S(C)(=O)=O)c1ccc(OC)c(OC)c1. The van der Waals surface area contributed by atoms with Crippen LogP contribution in [0.2, 0.25) is 0 Å². The van der Waals surface area contributed by atoms with Gasteiger partial charge in [0.25, 0.3) is 0 Å². The van der Waals surface area contributed by atoms with Gasteiger partial charge in [0.15, 0.2) is 11.5 Å². The van der Waals surface area contributed by atoms with Crippen molar-refractivity contribution in [2.45, 2.75) is 45.7 Å². The molecule has 0 aliphatic rings. The number of hydrogen-bond donors (Lipinski definition) is 1. The van der Waals surface area contributed by atoms with E-state index in [0.717, 1.165) is 17.4 Å². The van der Waals surface area contributed by atoms with Crippen LogP contribution in [-0.2, 0) is 14.8 Å². The van der Waals surface area contributed by atoms with Gasteiger partial charge in [-0.1, -0.05) is 37.6 Å². The molecule has 1 N–H and O–H groups in total. The summed E-state index contributed by atoms with van der Waals surface area (Å²) < 4.78 is 37.1. The highest BCUT2D eigenvalue weighted by Gasteiger charge is 2.32. The molecule has 2 aromatic carbocycles. The smallest absolute Gasteiger partial charge is 0.244 e. The quantitative estimate of drug-likeness (QED) is 0.597. The summed E-state index contributed by atoms with van der Waals surface area (Å²) in [6.45, 7) is 5.68. The van der Waals surface area contributed by atoms with E-state index in [1.165, 1.54) is 4.31 Å². The van der Waals surface area contributed by atoms with E-state index in [2.05, 4.69) is 5.32 Å². The van der Waals surface area contributed by atoms with Crippen LogP contribution in [0.4, 0.5) is 5.69 Å². The first-order valence-electron chi connectivity index (χ1n) is 10.2. The van der Waals surface area contributed by atoms with Gasteiger partial charge in [-0.3, -0.25) is 9.10 Å². The zero-order valence-electron chi connectivity index (χ0n) is 19.0. The zero-order valence-corrected chi connectivity index (χ0v) is 19.8. The van der Waals surface area contributed by atoms with Gasteiger partial charge in [0.2, 0.25) is 15.9 Å². The number of nitrogens with one attached hydrogen (secondary N) is 1. The van der Waals surface area contributed by atoms with Gasteiger partial charge in [-0.25, -0.2) is 8.42 Å². The molecule has 2 rings (SSSR count). The standard InChI is InChI=1S/C23H32N2O5S/c1-7-19(17-11-14-21(29-4)22(15-17)30-5)24-23(26)20(8-2)25(31(6,27)28)18-12-9-16(3)10-13-18/h9-15,19-20H,7-8H2,1-6H3,(H,24,26). The van der Waals surface area contributed by atoms with Crippen LogP contribution in [0.1, 0.15) is 43.9 Å². The van der Waals surface area contributed by atoms with Gasteiger partial charge in [-0.15, -0.1) is 0 Å². The van der Waals surface area contributed by atoms with Gasteiger partial charge >= 0.3 is 0 Å². The molecule has 170 valence electrons. The van der Waals surface area contributed by atoms with Crippen LogP contribution in [0.5, 0.6) is 11.5 Å². The second kappa shape index (κ2) is 10.5. The van der Waals surface area contributed by atoms with Crippen LogP contribution in [0.25, 0.3) is 0 Å². The van der Waals surface area contributed by atoms with Gasteiger partial charge in [0.05, 0.1) is 32.2 Å². The summed E-state index contributed by atoms with van der Waals surface area (Å²) in [6.07, 6.45) is 2.07. The highest BCUT2D eigenvalue weighted by molar-refractivity contribution is 7.92. The van der Waals surface area contributed by atoms with E-state index in [1.807, 2.05) is 38.1 Å². The van der Waals surface area contributed by atoms with Crippen molar-refractivity contribution in [1.82, 2.24) is 5.32 Å². The number of amides is 1. The molecule has 0 heterocycles. The van der Waals surface area contributed by atoms with E-state index in [0.29, 0.717) is 30.0 Å². The van der Waals surface area contributed by atoms with Gasteiger partial charge in [0, 0.05) is 0 Å². The van der Waals surface area contributed by atoms with Gasteiger partial charge in [-0.05, 0) is 49.6 Å². The molecule has 0 aliphatic heterocycles. The normalized spacial score (nSPS) is 13.2. The summed E-state index contributed by atoms with van der Waals surface area (Å²) in [4.78, 5) is 13.2. The van der Waals surface area contributed by atoms with Gasteiger partial charge < -0.3 is 14.8 Å². The first kappa shape index (κ1) is 24.5. The molecule has 8 heteroatoms. The number of carbonyl (C=O) groups excluding carboxylic acids is 1. The summed E-state index contributed by atoms with van der Waals surface area (Å²) in [6, 6.07) is 11.4. The molecule has 7 nitrogen and oxygen atoms in total. The maximum atomic E-state index is 13.2. The number of aryl methyl sites for hydroxylation is 1. The number of hydrogen-bond acceptors (Lipinski definition) is 5. The van der Waals surface area contributed by atoms with E-state index >= 15 is 0 Å². The highest BCUT2D eigenvalue weighted by Crippen LogP contribution is 2.31. The molecular formula is C23H32N2O5S.